The number of rotatable bonds is 7. The molecule has 14 heavy (non-hydrogen) atoms. The van der Waals surface area contributed by atoms with Crippen molar-refractivity contribution < 1.29 is 9.47 Å². The van der Waals surface area contributed by atoms with Crippen molar-refractivity contribution in [3.05, 3.63) is 0 Å². The fourth-order valence-corrected chi connectivity index (χ4v) is 0.905. The Morgan fingerprint density at radius 3 is 2.64 bits per heavy atom. The summed E-state index contributed by atoms with van der Waals surface area (Å²) in [4.78, 5) is 3.99. The summed E-state index contributed by atoms with van der Waals surface area (Å²) >= 11 is 0. The van der Waals surface area contributed by atoms with E-state index in [-0.39, 0.29) is 0 Å². The van der Waals surface area contributed by atoms with Gasteiger partial charge in [0, 0.05) is 34.4 Å². The molecule has 0 rings (SSSR count). The molecule has 84 valence electrons. The van der Waals surface area contributed by atoms with E-state index in [4.69, 9.17) is 9.47 Å². The van der Waals surface area contributed by atoms with Crippen molar-refractivity contribution in [1.29, 1.82) is 0 Å². The normalized spacial score (nSPS) is 11.5. The van der Waals surface area contributed by atoms with Crippen LogP contribution >= 0.6 is 0 Å². The van der Waals surface area contributed by atoms with Crippen molar-refractivity contribution in [2.45, 2.75) is 6.42 Å². The molecular weight excluding hydrogens is 182 g/mol. The second-order valence-corrected chi connectivity index (χ2v) is 2.71. The van der Waals surface area contributed by atoms with Crippen LogP contribution in [0.25, 0.3) is 0 Å². The minimum atomic E-state index is 0.658. The summed E-state index contributed by atoms with van der Waals surface area (Å²) < 4.78 is 10.1. The zero-order valence-corrected chi connectivity index (χ0v) is 9.30. The molecule has 0 spiro atoms. The molecule has 0 bridgehead atoms. The van der Waals surface area contributed by atoms with Gasteiger partial charge in [0.05, 0.1) is 13.2 Å². The maximum atomic E-state index is 5.30. The molecule has 5 nitrogen and oxygen atoms in total. The van der Waals surface area contributed by atoms with Gasteiger partial charge < -0.3 is 20.1 Å². The third-order valence-corrected chi connectivity index (χ3v) is 1.65. The van der Waals surface area contributed by atoms with E-state index in [0.29, 0.717) is 13.2 Å². The number of guanidine groups is 1. The van der Waals surface area contributed by atoms with Crippen molar-refractivity contribution in [3.63, 3.8) is 0 Å². The highest BCUT2D eigenvalue weighted by Gasteiger charge is 1.92. The number of hydrogen-bond acceptors (Lipinski definition) is 3. The van der Waals surface area contributed by atoms with Gasteiger partial charge in [-0.05, 0) is 6.42 Å². The monoisotopic (exact) mass is 203 g/mol. The van der Waals surface area contributed by atoms with Crippen LogP contribution in [0.4, 0.5) is 0 Å². The number of ether oxygens (including phenoxy) is 2. The highest BCUT2D eigenvalue weighted by molar-refractivity contribution is 5.79. The van der Waals surface area contributed by atoms with Crippen LogP contribution in [-0.4, -0.2) is 53.5 Å². The molecule has 0 heterocycles. The van der Waals surface area contributed by atoms with Crippen molar-refractivity contribution in [2.75, 3.05) is 47.6 Å². The molecule has 0 radical (unpaired) electrons. The van der Waals surface area contributed by atoms with Gasteiger partial charge in [0.2, 0.25) is 0 Å². The van der Waals surface area contributed by atoms with Crippen LogP contribution in [-0.2, 0) is 9.47 Å². The third-order valence-electron chi connectivity index (χ3n) is 1.65. The molecule has 0 fully saturated rings. The van der Waals surface area contributed by atoms with Gasteiger partial charge >= 0.3 is 0 Å². The van der Waals surface area contributed by atoms with Gasteiger partial charge in [0.15, 0.2) is 5.96 Å². The lowest BCUT2D eigenvalue weighted by molar-refractivity contribution is 0.0698. The number of aliphatic imine (C=N–C) groups is 1. The summed E-state index contributed by atoms with van der Waals surface area (Å²) in [5.41, 5.74) is 0. The molecule has 0 atom stereocenters. The Balaban J connectivity index is 3.13. The lowest BCUT2D eigenvalue weighted by Gasteiger charge is -2.08. The van der Waals surface area contributed by atoms with E-state index in [1.54, 1.807) is 14.2 Å². The molecule has 0 aromatic heterocycles. The molecule has 0 unspecified atom stereocenters. The first-order valence-electron chi connectivity index (χ1n) is 4.80. The average molecular weight is 203 g/mol. The van der Waals surface area contributed by atoms with Gasteiger partial charge in [0.1, 0.15) is 0 Å². The SMILES string of the molecule is CN=C(NC)NCCCOCCOC. The summed E-state index contributed by atoms with van der Waals surface area (Å²) in [5, 5.41) is 6.08. The molecule has 0 aromatic carbocycles. The molecule has 0 saturated carbocycles. The van der Waals surface area contributed by atoms with E-state index < -0.39 is 0 Å². The summed E-state index contributed by atoms with van der Waals surface area (Å²) in [6, 6.07) is 0. The van der Waals surface area contributed by atoms with E-state index >= 15 is 0 Å². The average Bonchev–Trinajstić information content (AvgIpc) is 2.22. The van der Waals surface area contributed by atoms with Crippen LogP contribution in [0.15, 0.2) is 4.99 Å². The summed E-state index contributed by atoms with van der Waals surface area (Å²) in [7, 11) is 5.25. The Morgan fingerprint density at radius 1 is 1.29 bits per heavy atom. The van der Waals surface area contributed by atoms with E-state index in [1.807, 2.05) is 7.05 Å². The maximum Gasteiger partial charge on any atom is 0.190 e. The van der Waals surface area contributed by atoms with Gasteiger partial charge in [-0.25, -0.2) is 0 Å². The summed E-state index contributed by atoms with van der Waals surface area (Å²) in [6.07, 6.45) is 0.963. The largest absolute Gasteiger partial charge is 0.382 e. The standard InChI is InChI=1S/C9H21N3O2/c1-10-9(11-2)12-5-4-6-14-8-7-13-3/h4-8H2,1-3H3,(H2,10,11,12). The number of nitrogens with one attached hydrogen (secondary N) is 2. The van der Waals surface area contributed by atoms with Crippen molar-refractivity contribution in [3.8, 4) is 0 Å². The summed E-state index contributed by atoms with van der Waals surface area (Å²) in [5.74, 6) is 0.807. The molecule has 0 saturated heterocycles. The predicted molar refractivity (Wildman–Crippen MR) is 57.7 cm³/mol. The Kier molecular flexibility index (Phi) is 9.68. The lowest BCUT2D eigenvalue weighted by Crippen LogP contribution is -2.35. The van der Waals surface area contributed by atoms with E-state index in [9.17, 15) is 0 Å². The molecule has 0 aromatic rings. The van der Waals surface area contributed by atoms with Crippen LogP contribution in [0, 0.1) is 0 Å². The molecule has 0 aliphatic carbocycles. The Morgan fingerprint density at radius 2 is 2.07 bits per heavy atom. The first-order valence-corrected chi connectivity index (χ1v) is 4.80. The first-order chi connectivity index (χ1) is 6.85. The van der Waals surface area contributed by atoms with Crippen LogP contribution in [0.2, 0.25) is 0 Å². The van der Waals surface area contributed by atoms with Gasteiger partial charge in [-0.2, -0.15) is 0 Å². The third kappa shape index (κ3) is 7.82. The van der Waals surface area contributed by atoms with Crippen molar-refractivity contribution in [2.24, 2.45) is 4.99 Å². The van der Waals surface area contributed by atoms with Crippen molar-refractivity contribution in [1.82, 2.24) is 10.6 Å². The molecule has 0 aliphatic rings. The first kappa shape index (κ1) is 13.2. The lowest BCUT2D eigenvalue weighted by atomic mass is 10.4. The summed E-state index contributed by atoms with van der Waals surface area (Å²) in [6.45, 7) is 2.93. The molecule has 5 heteroatoms. The van der Waals surface area contributed by atoms with Crippen LogP contribution in [0.5, 0.6) is 0 Å². The topological polar surface area (TPSA) is 54.9 Å². The quantitative estimate of drug-likeness (QED) is 0.343. The Bertz CT molecular complexity index is 151. The van der Waals surface area contributed by atoms with E-state index in [0.717, 1.165) is 25.5 Å². The minimum Gasteiger partial charge on any atom is -0.382 e. The van der Waals surface area contributed by atoms with Crippen molar-refractivity contribution >= 4 is 5.96 Å². The fourth-order valence-electron chi connectivity index (χ4n) is 0.905. The Hall–Kier alpha value is -0.810. The molecule has 2 N–H and O–H groups in total. The highest BCUT2D eigenvalue weighted by Crippen LogP contribution is 1.81. The number of methoxy groups -OCH3 is 1. The number of hydrogen-bond donors (Lipinski definition) is 2. The van der Waals surface area contributed by atoms with Gasteiger partial charge in [0.25, 0.3) is 0 Å². The van der Waals surface area contributed by atoms with Gasteiger partial charge in [-0.3, -0.25) is 4.99 Å². The zero-order chi connectivity index (χ0) is 10.6. The second-order valence-electron chi connectivity index (χ2n) is 2.71. The molecule has 0 amide bonds. The Labute approximate surface area is 85.9 Å². The van der Waals surface area contributed by atoms with E-state index in [2.05, 4.69) is 15.6 Å². The van der Waals surface area contributed by atoms with Crippen LogP contribution in [0.3, 0.4) is 0 Å². The second kappa shape index (κ2) is 10.3. The number of nitrogens with zero attached hydrogens (tertiary/aromatic N) is 1. The predicted octanol–water partition coefficient (Wildman–Crippen LogP) is -0.166. The van der Waals surface area contributed by atoms with Crippen LogP contribution < -0.4 is 10.6 Å². The smallest absolute Gasteiger partial charge is 0.190 e. The van der Waals surface area contributed by atoms with E-state index in [1.165, 1.54) is 0 Å². The maximum absolute atomic E-state index is 5.30. The molecular formula is C9H21N3O2. The molecule has 0 aliphatic heterocycles. The van der Waals surface area contributed by atoms with Gasteiger partial charge in [-0.1, -0.05) is 0 Å². The van der Waals surface area contributed by atoms with Gasteiger partial charge in [-0.15, -0.1) is 0 Å². The van der Waals surface area contributed by atoms with Crippen LogP contribution in [0.1, 0.15) is 6.42 Å². The minimum absolute atomic E-state index is 0.658. The zero-order valence-electron chi connectivity index (χ0n) is 9.30. The fraction of sp³-hybridized carbons (Fsp3) is 0.889. The highest BCUT2D eigenvalue weighted by atomic mass is 16.5.